The van der Waals surface area contributed by atoms with Crippen molar-refractivity contribution in [2.75, 3.05) is 5.32 Å². The summed E-state index contributed by atoms with van der Waals surface area (Å²) in [6, 6.07) is 0.413. The molecule has 0 spiro atoms. The molecular weight excluding hydrogens is 198 g/mol. The van der Waals surface area contributed by atoms with Crippen molar-refractivity contribution in [3.63, 3.8) is 0 Å². The maximum absolute atomic E-state index is 5.69. The molecule has 0 aliphatic carbocycles. The predicted molar refractivity (Wildman–Crippen MR) is 59.6 cm³/mol. The van der Waals surface area contributed by atoms with Gasteiger partial charge in [0.25, 0.3) is 0 Å². The van der Waals surface area contributed by atoms with Crippen LogP contribution in [-0.2, 0) is 0 Å². The van der Waals surface area contributed by atoms with E-state index < -0.39 is 0 Å². The summed E-state index contributed by atoms with van der Waals surface area (Å²) in [6.07, 6.45) is 4.26. The minimum atomic E-state index is 0.413. The molecule has 1 rings (SSSR count). The molecule has 0 fully saturated rings. The number of aromatic nitrogens is 2. The first-order chi connectivity index (χ1) is 6.63. The highest BCUT2D eigenvalue weighted by Gasteiger charge is 2.11. The molecule has 1 atom stereocenters. The van der Waals surface area contributed by atoms with Crippen LogP contribution in [-0.4, -0.2) is 16.0 Å². The SMILES string of the molecule is CCC(Nc1ncc(Cl)cn1)C(C)C. The largest absolute Gasteiger partial charge is 0.351 e. The Morgan fingerprint density at radius 1 is 1.36 bits per heavy atom. The molecule has 0 aliphatic heterocycles. The third-order valence-electron chi connectivity index (χ3n) is 2.18. The summed E-state index contributed by atoms with van der Waals surface area (Å²) < 4.78 is 0. The van der Waals surface area contributed by atoms with Gasteiger partial charge in [0.15, 0.2) is 0 Å². The molecule has 0 bridgehead atoms. The Morgan fingerprint density at radius 2 is 1.93 bits per heavy atom. The Hall–Kier alpha value is -0.830. The first-order valence-corrected chi connectivity index (χ1v) is 5.25. The van der Waals surface area contributed by atoms with Gasteiger partial charge in [-0.3, -0.25) is 0 Å². The van der Waals surface area contributed by atoms with Crippen LogP contribution in [0, 0.1) is 5.92 Å². The Morgan fingerprint density at radius 3 is 2.36 bits per heavy atom. The van der Waals surface area contributed by atoms with Gasteiger partial charge in [-0.15, -0.1) is 0 Å². The molecule has 1 heterocycles. The summed E-state index contributed by atoms with van der Waals surface area (Å²) in [6.45, 7) is 6.50. The molecule has 0 radical (unpaired) electrons. The van der Waals surface area contributed by atoms with Crippen LogP contribution >= 0.6 is 11.6 Å². The number of rotatable bonds is 4. The second-order valence-corrected chi connectivity index (χ2v) is 4.06. The number of nitrogens with zero attached hydrogens (tertiary/aromatic N) is 2. The van der Waals surface area contributed by atoms with E-state index in [0.717, 1.165) is 6.42 Å². The van der Waals surface area contributed by atoms with Crippen molar-refractivity contribution in [2.24, 2.45) is 5.92 Å². The van der Waals surface area contributed by atoms with E-state index in [2.05, 4.69) is 36.1 Å². The molecule has 0 aliphatic rings. The predicted octanol–water partition coefficient (Wildman–Crippen LogP) is 2.98. The van der Waals surface area contributed by atoms with Crippen LogP contribution in [0.25, 0.3) is 0 Å². The monoisotopic (exact) mass is 213 g/mol. The summed E-state index contributed by atoms with van der Waals surface area (Å²) in [5, 5.41) is 3.84. The maximum Gasteiger partial charge on any atom is 0.222 e. The zero-order valence-corrected chi connectivity index (χ0v) is 9.54. The van der Waals surface area contributed by atoms with Crippen LogP contribution in [0.15, 0.2) is 12.4 Å². The van der Waals surface area contributed by atoms with E-state index in [1.807, 2.05) is 0 Å². The summed E-state index contributed by atoms with van der Waals surface area (Å²) in [4.78, 5) is 8.19. The lowest BCUT2D eigenvalue weighted by atomic mass is 10.0. The van der Waals surface area contributed by atoms with Gasteiger partial charge in [0.05, 0.1) is 17.4 Å². The minimum Gasteiger partial charge on any atom is -0.351 e. The molecular formula is C10H16ClN3. The number of nitrogens with one attached hydrogen (secondary N) is 1. The van der Waals surface area contributed by atoms with E-state index in [1.54, 1.807) is 12.4 Å². The van der Waals surface area contributed by atoms with Gasteiger partial charge in [0.1, 0.15) is 0 Å². The third kappa shape index (κ3) is 3.14. The molecule has 1 unspecified atom stereocenters. The molecule has 14 heavy (non-hydrogen) atoms. The van der Waals surface area contributed by atoms with Crippen molar-refractivity contribution in [1.82, 2.24) is 9.97 Å². The van der Waals surface area contributed by atoms with Crippen LogP contribution in [0.1, 0.15) is 27.2 Å². The molecule has 78 valence electrons. The second kappa shape index (κ2) is 5.15. The zero-order valence-electron chi connectivity index (χ0n) is 8.79. The van der Waals surface area contributed by atoms with Gasteiger partial charge in [-0.2, -0.15) is 0 Å². The standard InChI is InChI=1S/C10H16ClN3/c1-4-9(7(2)3)14-10-12-5-8(11)6-13-10/h5-7,9H,4H2,1-3H3,(H,12,13,14). The Kier molecular flexibility index (Phi) is 4.14. The van der Waals surface area contributed by atoms with Crippen LogP contribution in [0.4, 0.5) is 5.95 Å². The Bertz CT molecular complexity index is 271. The van der Waals surface area contributed by atoms with E-state index in [-0.39, 0.29) is 0 Å². The fourth-order valence-corrected chi connectivity index (χ4v) is 1.39. The van der Waals surface area contributed by atoms with Gasteiger partial charge >= 0.3 is 0 Å². The highest BCUT2D eigenvalue weighted by Crippen LogP contribution is 2.12. The topological polar surface area (TPSA) is 37.8 Å². The van der Waals surface area contributed by atoms with E-state index in [4.69, 9.17) is 11.6 Å². The van der Waals surface area contributed by atoms with Crippen molar-refractivity contribution in [3.8, 4) is 0 Å². The Balaban J connectivity index is 2.63. The lowest BCUT2D eigenvalue weighted by molar-refractivity contribution is 0.508. The number of halogens is 1. The summed E-state index contributed by atoms with van der Waals surface area (Å²) >= 11 is 5.69. The van der Waals surface area contributed by atoms with Crippen molar-refractivity contribution < 1.29 is 0 Å². The lowest BCUT2D eigenvalue weighted by Gasteiger charge is -2.20. The molecule has 1 aromatic heterocycles. The van der Waals surface area contributed by atoms with Crippen molar-refractivity contribution in [1.29, 1.82) is 0 Å². The molecule has 4 heteroatoms. The average molecular weight is 214 g/mol. The molecule has 0 amide bonds. The molecule has 0 saturated heterocycles. The molecule has 0 aromatic carbocycles. The van der Waals surface area contributed by atoms with Gasteiger partial charge in [-0.05, 0) is 12.3 Å². The third-order valence-corrected chi connectivity index (χ3v) is 2.37. The van der Waals surface area contributed by atoms with E-state index in [0.29, 0.717) is 22.9 Å². The van der Waals surface area contributed by atoms with Gasteiger partial charge in [-0.25, -0.2) is 9.97 Å². The van der Waals surface area contributed by atoms with Gasteiger partial charge in [0.2, 0.25) is 5.95 Å². The molecule has 0 saturated carbocycles. The first kappa shape index (κ1) is 11.2. The fraction of sp³-hybridized carbons (Fsp3) is 0.600. The number of hydrogen-bond donors (Lipinski definition) is 1. The van der Waals surface area contributed by atoms with Crippen LogP contribution in [0.5, 0.6) is 0 Å². The lowest BCUT2D eigenvalue weighted by Crippen LogP contribution is -2.25. The Labute approximate surface area is 89.9 Å². The first-order valence-electron chi connectivity index (χ1n) is 4.87. The molecule has 3 nitrogen and oxygen atoms in total. The molecule has 1 N–H and O–H groups in total. The second-order valence-electron chi connectivity index (χ2n) is 3.63. The van der Waals surface area contributed by atoms with Crippen molar-refractivity contribution in [2.45, 2.75) is 33.2 Å². The van der Waals surface area contributed by atoms with Crippen molar-refractivity contribution in [3.05, 3.63) is 17.4 Å². The summed E-state index contributed by atoms with van der Waals surface area (Å²) in [5.41, 5.74) is 0. The van der Waals surface area contributed by atoms with E-state index in [1.165, 1.54) is 0 Å². The quantitative estimate of drug-likeness (QED) is 0.836. The van der Waals surface area contributed by atoms with E-state index in [9.17, 15) is 0 Å². The maximum atomic E-state index is 5.69. The van der Waals surface area contributed by atoms with Gasteiger partial charge in [0, 0.05) is 6.04 Å². The van der Waals surface area contributed by atoms with Crippen LogP contribution in [0.2, 0.25) is 5.02 Å². The van der Waals surface area contributed by atoms with Crippen molar-refractivity contribution >= 4 is 17.5 Å². The molecule has 1 aromatic rings. The number of anilines is 1. The van der Waals surface area contributed by atoms with Gasteiger partial charge < -0.3 is 5.32 Å². The summed E-state index contributed by atoms with van der Waals surface area (Å²) in [7, 11) is 0. The van der Waals surface area contributed by atoms with E-state index >= 15 is 0 Å². The highest BCUT2D eigenvalue weighted by molar-refractivity contribution is 6.30. The van der Waals surface area contributed by atoms with Crippen LogP contribution in [0.3, 0.4) is 0 Å². The zero-order chi connectivity index (χ0) is 10.6. The minimum absolute atomic E-state index is 0.413. The fourth-order valence-electron chi connectivity index (χ4n) is 1.29. The highest BCUT2D eigenvalue weighted by atomic mass is 35.5. The van der Waals surface area contributed by atoms with Crippen LogP contribution < -0.4 is 5.32 Å². The number of hydrogen-bond acceptors (Lipinski definition) is 3. The normalized spacial score (nSPS) is 12.9. The average Bonchev–Trinajstić information content (AvgIpc) is 2.16. The summed E-state index contributed by atoms with van der Waals surface area (Å²) in [5.74, 6) is 1.22. The van der Waals surface area contributed by atoms with Gasteiger partial charge in [-0.1, -0.05) is 32.4 Å². The smallest absolute Gasteiger partial charge is 0.222 e.